The van der Waals surface area contributed by atoms with Crippen molar-refractivity contribution in [2.75, 3.05) is 11.9 Å². The number of aromatic nitrogens is 1. The van der Waals surface area contributed by atoms with Gasteiger partial charge in [-0.15, -0.1) is 0 Å². The number of halogens is 1. The Balaban J connectivity index is 1.89. The first-order valence-corrected chi connectivity index (χ1v) is 6.77. The molecule has 0 saturated heterocycles. The Hall–Kier alpha value is -2.08. The highest BCUT2D eigenvalue weighted by molar-refractivity contribution is 9.10. The molecule has 0 spiro atoms. The topological polar surface area (TPSA) is 77.2 Å². The Morgan fingerprint density at radius 2 is 2.05 bits per heavy atom. The smallest absolute Gasteiger partial charge is 0.255 e. The van der Waals surface area contributed by atoms with Crippen molar-refractivity contribution in [1.82, 2.24) is 4.98 Å². The van der Waals surface area contributed by atoms with Crippen LogP contribution in [-0.2, 0) is 11.3 Å². The summed E-state index contributed by atoms with van der Waals surface area (Å²) >= 11 is 3.38. The summed E-state index contributed by atoms with van der Waals surface area (Å²) in [6, 6.07) is 9.32. The lowest BCUT2D eigenvalue weighted by molar-refractivity contribution is -0.119. The van der Waals surface area contributed by atoms with E-state index in [4.69, 9.17) is 10.5 Å². The van der Waals surface area contributed by atoms with E-state index in [-0.39, 0.29) is 6.61 Å². The number of anilines is 1. The van der Waals surface area contributed by atoms with Gasteiger partial charge in [-0.2, -0.15) is 0 Å². The van der Waals surface area contributed by atoms with Gasteiger partial charge in [0.1, 0.15) is 5.75 Å². The second-order valence-electron chi connectivity index (χ2n) is 4.14. The maximum atomic E-state index is 10.6. The van der Waals surface area contributed by atoms with Crippen LogP contribution in [-0.4, -0.2) is 17.5 Å². The normalized spacial score (nSPS) is 10.1. The lowest BCUT2D eigenvalue weighted by Crippen LogP contribution is -2.19. The fourth-order valence-electron chi connectivity index (χ4n) is 1.58. The SMILES string of the molecule is NC(=O)COc1ccc(NCc2cncc(Br)c2)cc1. The summed E-state index contributed by atoms with van der Waals surface area (Å²) in [6.07, 6.45) is 3.55. The van der Waals surface area contributed by atoms with Gasteiger partial charge in [0.15, 0.2) is 6.61 Å². The number of benzene rings is 1. The van der Waals surface area contributed by atoms with Gasteiger partial charge in [-0.05, 0) is 51.8 Å². The van der Waals surface area contributed by atoms with E-state index in [0.29, 0.717) is 12.3 Å². The molecule has 1 aromatic heterocycles. The molecule has 104 valence electrons. The molecule has 0 fully saturated rings. The third kappa shape index (κ3) is 4.55. The molecule has 0 aliphatic carbocycles. The number of nitrogens with two attached hydrogens (primary N) is 1. The fourth-order valence-corrected chi connectivity index (χ4v) is 1.99. The molecule has 2 aromatic rings. The molecule has 0 bridgehead atoms. The molecule has 0 unspecified atom stereocenters. The molecule has 2 rings (SSSR count). The van der Waals surface area contributed by atoms with Crippen LogP contribution in [0.15, 0.2) is 47.2 Å². The van der Waals surface area contributed by atoms with Crippen molar-refractivity contribution >= 4 is 27.5 Å². The first-order valence-electron chi connectivity index (χ1n) is 5.98. The average Bonchev–Trinajstić information content (AvgIpc) is 2.44. The quantitative estimate of drug-likeness (QED) is 0.849. The summed E-state index contributed by atoms with van der Waals surface area (Å²) in [4.78, 5) is 14.7. The van der Waals surface area contributed by atoms with Gasteiger partial charge in [0.2, 0.25) is 0 Å². The molecule has 20 heavy (non-hydrogen) atoms. The van der Waals surface area contributed by atoms with Gasteiger partial charge in [-0.25, -0.2) is 0 Å². The zero-order valence-corrected chi connectivity index (χ0v) is 12.3. The molecule has 0 aliphatic rings. The predicted octanol–water partition coefficient (Wildman–Crippen LogP) is 2.32. The molecule has 1 aromatic carbocycles. The van der Waals surface area contributed by atoms with Crippen LogP contribution in [0.3, 0.4) is 0 Å². The largest absolute Gasteiger partial charge is 0.484 e. The van der Waals surface area contributed by atoms with Gasteiger partial charge < -0.3 is 15.8 Å². The highest BCUT2D eigenvalue weighted by atomic mass is 79.9. The number of amides is 1. The van der Waals surface area contributed by atoms with Crippen molar-refractivity contribution in [1.29, 1.82) is 0 Å². The first kappa shape index (κ1) is 14.3. The molecule has 1 amide bonds. The second-order valence-corrected chi connectivity index (χ2v) is 5.06. The minimum Gasteiger partial charge on any atom is -0.484 e. The molecule has 1 heterocycles. The summed E-state index contributed by atoms with van der Waals surface area (Å²) in [5.74, 6) is 0.118. The van der Waals surface area contributed by atoms with E-state index in [9.17, 15) is 4.79 Å². The van der Waals surface area contributed by atoms with E-state index in [0.717, 1.165) is 15.7 Å². The Morgan fingerprint density at radius 3 is 2.70 bits per heavy atom. The maximum absolute atomic E-state index is 10.6. The third-order valence-corrected chi connectivity index (χ3v) is 2.93. The van der Waals surface area contributed by atoms with Gasteiger partial charge in [0.05, 0.1) is 0 Å². The summed E-state index contributed by atoms with van der Waals surface area (Å²) < 4.78 is 6.13. The molecule has 6 heteroatoms. The minimum absolute atomic E-state index is 0.115. The number of hydrogen-bond acceptors (Lipinski definition) is 4. The third-order valence-electron chi connectivity index (χ3n) is 2.49. The Labute approximate surface area is 125 Å². The zero-order valence-electron chi connectivity index (χ0n) is 10.7. The van der Waals surface area contributed by atoms with Gasteiger partial charge >= 0.3 is 0 Å². The Kier molecular flexibility index (Phi) is 4.95. The molecule has 3 N–H and O–H groups in total. The number of carbonyl (C=O) groups excluding carboxylic acids is 1. The fraction of sp³-hybridized carbons (Fsp3) is 0.143. The molecule has 0 saturated carbocycles. The van der Waals surface area contributed by atoms with E-state index < -0.39 is 5.91 Å². The van der Waals surface area contributed by atoms with Crippen molar-refractivity contribution in [2.24, 2.45) is 5.73 Å². The number of nitrogens with one attached hydrogen (secondary N) is 1. The standard InChI is InChI=1S/C14H14BrN3O2/c15-11-5-10(6-17-8-11)7-18-12-1-3-13(4-2-12)20-9-14(16)19/h1-6,8,18H,7,9H2,(H2,16,19). The zero-order chi connectivity index (χ0) is 14.4. The van der Waals surface area contributed by atoms with E-state index >= 15 is 0 Å². The molecule has 5 nitrogen and oxygen atoms in total. The number of carbonyl (C=O) groups is 1. The van der Waals surface area contributed by atoms with Crippen molar-refractivity contribution in [3.63, 3.8) is 0 Å². The van der Waals surface area contributed by atoms with Gasteiger partial charge in [0, 0.05) is 29.1 Å². The highest BCUT2D eigenvalue weighted by Gasteiger charge is 1.99. The number of primary amides is 1. The molecule has 0 radical (unpaired) electrons. The van der Waals surface area contributed by atoms with Crippen LogP contribution < -0.4 is 15.8 Å². The lowest BCUT2D eigenvalue weighted by Gasteiger charge is -2.08. The van der Waals surface area contributed by atoms with Crippen LogP contribution in [0.2, 0.25) is 0 Å². The van der Waals surface area contributed by atoms with Crippen LogP contribution in [0.5, 0.6) is 5.75 Å². The van der Waals surface area contributed by atoms with E-state index in [1.54, 1.807) is 18.3 Å². The van der Waals surface area contributed by atoms with Crippen LogP contribution in [0.4, 0.5) is 5.69 Å². The highest BCUT2D eigenvalue weighted by Crippen LogP contribution is 2.17. The Morgan fingerprint density at radius 1 is 1.30 bits per heavy atom. The molecular weight excluding hydrogens is 322 g/mol. The van der Waals surface area contributed by atoms with Crippen LogP contribution in [0.1, 0.15) is 5.56 Å². The van der Waals surface area contributed by atoms with Gasteiger partial charge in [-0.1, -0.05) is 0 Å². The first-order chi connectivity index (χ1) is 9.63. The summed E-state index contributed by atoms with van der Waals surface area (Å²) in [5, 5.41) is 3.27. The number of hydrogen-bond donors (Lipinski definition) is 2. The van der Waals surface area contributed by atoms with Crippen LogP contribution in [0.25, 0.3) is 0 Å². The van der Waals surface area contributed by atoms with E-state index in [1.165, 1.54) is 0 Å². The molecular formula is C14H14BrN3O2. The van der Waals surface area contributed by atoms with E-state index in [2.05, 4.69) is 26.2 Å². The van der Waals surface area contributed by atoms with Crippen molar-refractivity contribution in [3.05, 3.63) is 52.8 Å². The van der Waals surface area contributed by atoms with Crippen LogP contribution >= 0.6 is 15.9 Å². The number of ether oxygens (including phenoxy) is 1. The summed E-state index contributed by atoms with van der Waals surface area (Å²) in [6.45, 7) is 0.560. The van der Waals surface area contributed by atoms with E-state index in [1.807, 2.05) is 24.4 Å². The summed E-state index contributed by atoms with van der Waals surface area (Å²) in [7, 11) is 0. The van der Waals surface area contributed by atoms with Crippen molar-refractivity contribution in [2.45, 2.75) is 6.54 Å². The van der Waals surface area contributed by atoms with Gasteiger partial charge in [-0.3, -0.25) is 9.78 Å². The van der Waals surface area contributed by atoms with Gasteiger partial charge in [0.25, 0.3) is 5.91 Å². The van der Waals surface area contributed by atoms with Crippen molar-refractivity contribution in [3.8, 4) is 5.75 Å². The number of rotatable bonds is 6. The predicted molar refractivity (Wildman–Crippen MR) is 80.4 cm³/mol. The average molecular weight is 336 g/mol. The Bertz CT molecular complexity index is 587. The minimum atomic E-state index is -0.491. The number of pyridine rings is 1. The second kappa shape index (κ2) is 6.91. The maximum Gasteiger partial charge on any atom is 0.255 e. The molecule has 0 aliphatic heterocycles. The summed E-state index contributed by atoms with van der Waals surface area (Å²) in [5.41, 5.74) is 7.04. The number of nitrogens with zero attached hydrogens (tertiary/aromatic N) is 1. The monoisotopic (exact) mass is 335 g/mol. The molecule has 0 atom stereocenters. The van der Waals surface area contributed by atoms with Crippen LogP contribution in [0, 0.1) is 0 Å². The lowest BCUT2D eigenvalue weighted by atomic mass is 10.2. The van der Waals surface area contributed by atoms with Crippen molar-refractivity contribution < 1.29 is 9.53 Å².